The third-order valence-electron chi connectivity index (χ3n) is 4.56. The van der Waals surface area contributed by atoms with Crippen LogP contribution in [0.4, 0.5) is 0 Å². The van der Waals surface area contributed by atoms with Crippen molar-refractivity contribution in [2.75, 3.05) is 6.61 Å². The van der Waals surface area contributed by atoms with E-state index in [2.05, 4.69) is 11.7 Å². The van der Waals surface area contributed by atoms with Crippen LogP contribution in [0, 0.1) is 13.8 Å². The van der Waals surface area contributed by atoms with Crippen molar-refractivity contribution < 1.29 is 26.4 Å². The van der Waals surface area contributed by atoms with Gasteiger partial charge in [-0.3, -0.25) is 0 Å². The maximum Gasteiger partial charge on any atom is 0.504 e. The number of hydrogen-bond acceptors (Lipinski definition) is 5. The molecule has 0 unspecified atom stereocenters. The molecule has 9 heteroatoms. The molecule has 0 aliphatic rings. The van der Waals surface area contributed by atoms with Crippen LogP contribution < -0.4 is 4.74 Å². The number of ether oxygens (including phenoxy) is 1. The van der Waals surface area contributed by atoms with Crippen molar-refractivity contribution in [3.05, 3.63) is 59.1 Å². The van der Waals surface area contributed by atoms with E-state index in [-0.39, 0.29) is 9.79 Å². The molecule has 0 aliphatic heterocycles. The average molecular weight is 451 g/mol. The molecule has 2 aromatic carbocycles. The third kappa shape index (κ3) is 5.36. The van der Waals surface area contributed by atoms with Crippen LogP contribution in [0.3, 0.4) is 0 Å². The topological polar surface area (TPSA) is 114 Å². The fraction of sp³-hybridized carbons (Fsp3) is 0.381. The fourth-order valence-electron chi connectivity index (χ4n) is 2.98. The third-order valence-corrected chi connectivity index (χ3v) is 8.89. The van der Waals surface area contributed by atoms with Crippen molar-refractivity contribution >= 4 is 24.1 Å². The molecule has 2 aromatic rings. The summed E-state index contributed by atoms with van der Waals surface area (Å²) < 4.78 is 55.9. The van der Waals surface area contributed by atoms with Crippen LogP contribution in [-0.4, -0.2) is 32.6 Å². The number of unbranched alkanes of at least 4 members (excludes halogenated alkanes) is 3. The second-order valence-electron chi connectivity index (χ2n) is 7.02. The van der Waals surface area contributed by atoms with Crippen molar-refractivity contribution in [2.45, 2.75) is 56.2 Å². The van der Waals surface area contributed by atoms with E-state index in [1.54, 1.807) is 26.0 Å². The Morgan fingerprint density at radius 2 is 1.60 bits per heavy atom. The molecular formula is C21H26N2O5S2. The predicted molar refractivity (Wildman–Crippen MR) is 115 cm³/mol. The highest BCUT2D eigenvalue weighted by Gasteiger charge is 2.44. The highest BCUT2D eigenvalue weighted by atomic mass is 32.3. The molecule has 0 atom stereocenters. The molecule has 0 spiro atoms. The molecule has 0 aromatic heterocycles. The Balaban J connectivity index is 2.29. The van der Waals surface area contributed by atoms with Crippen LogP contribution in [0.5, 0.6) is 5.75 Å². The molecule has 0 saturated carbocycles. The molecule has 2 rings (SSSR count). The monoisotopic (exact) mass is 450 g/mol. The molecule has 7 nitrogen and oxygen atoms in total. The van der Waals surface area contributed by atoms with E-state index in [9.17, 15) is 22.4 Å². The number of aryl methyl sites for hydroxylation is 2. The average Bonchev–Trinajstić information content (AvgIpc) is 2.68. The standard InChI is InChI=1S/C21H26N2O5S2/c1-4-5-6-7-14-28-18-9-11-19(12-10-18)29(24,25)21(23-22)30(26,27)20-13-8-16(2)15-17(20)3/h8-13,15H,4-7,14H2,1-3H3. The van der Waals surface area contributed by atoms with E-state index < -0.39 is 24.1 Å². The van der Waals surface area contributed by atoms with Gasteiger partial charge in [0.15, 0.2) is 0 Å². The summed E-state index contributed by atoms with van der Waals surface area (Å²) in [4.78, 5) is 2.13. The summed E-state index contributed by atoms with van der Waals surface area (Å²) in [5.41, 5.74) is 10.5. The Hall–Kier alpha value is -2.48. The van der Waals surface area contributed by atoms with Gasteiger partial charge in [-0.25, -0.2) is 16.8 Å². The number of nitrogens with zero attached hydrogens (tertiary/aromatic N) is 2. The molecule has 0 amide bonds. The maximum absolute atomic E-state index is 12.9. The van der Waals surface area contributed by atoms with Crippen molar-refractivity contribution in [3.63, 3.8) is 0 Å². The molecule has 0 fully saturated rings. The lowest BCUT2D eigenvalue weighted by Crippen LogP contribution is -2.26. The van der Waals surface area contributed by atoms with Gasteiger partial charge in [-0.2, -0.15) is 0 Å². The zero-order chi connectivity index (χ0) is 22.4. The minimum Gasteiger partial charge on any atom is -0.494 e. The Morgan fingerprint density at radius 3 is 2.17 bits per heavy atom. The number of hydrogen-bond donors (Lipinski definition) is 0. The van der Waals surface area contributed by atoms with E-state index in [0.29, 0.717) is 17.9 Å². The second kappa shape index (κ2) is 10.0. The van der Waals surface area contributed by atoms with Gasteiger partial charge < -0.3 is 10.3 Å². The van der Waals surface area contributed by atoms with Gasteiger partial charge in [0.2, 0.25) is 0 Å². The van der Waals surface area contributed by atoms with Crippen LogP contribution in [0.2, 0.25) is 0 Å². The number of rotatable bonds is 8. The van der Waals surface area contributed by atoms with Gasteiger partial charge in [0, 0.05) is 0 Å². The Labute approximate surface area is 178 Å². The minimum absolute atomic E-state index is 0.225. The van der Waals surface area contributed by atoms with E-state index in [1.165, 1.54) is 30.3 Å². The minimum atomic E-state index is -4.58. The van der Waals surface area contributed by atoms with Crippen LogP contribution in [-0.2, 0) is 19.7 Å². The highest BCUT2D eigenvalue weighted by Crippen LogP contribution is 2.25. The first-order valence-corrected chi connectivity index (χ1v) is 12.6. The lowest BCUT2D eigenvalue weighted by Gasteiger charge is -2.08. The molecule has 0 radical (unpaired) electrons. The first-order chi connectivity index (χ1) is 14.1. The molecule has 0 saturated heterocycles. The van der Waals surface area contributed by atoms with Crippen molar-refractivity contribution in [1.82, 2.24) is 0 Å². The molecule has 0 bridgehead atoms. The van der Waals surface area contributed by atoms with Crippen molar-refractivity contribution in [1.29, 1.82) is 0 Å². The maximum atomic E-state index is 12.9. The normalized spacial score (nSPS) is 11.7. The van der Waals surface area contributed by atoms with Gasteiger partial charge in [0.25, 0.3) is 19.7 Å². The largest absolute Gasteiger partial charge is 0.504 e. The second-order valence-corrected chi connectivity index (χ2v) is 11.0. The van der Waals surface area contributed by atoms with E-state index >= 15 is 0 Å². The van der Waals surface area contributed by atoms with Crippen LogP contribution >= 0.6 is 0 Å². The molecular weight excluding hydrogens is 424 g/mol. The Bertz CT molecular complexity index is 1150. The first kappa shape index (κ1) is 23.8. The smallest absolute Gasteiger partial charge is 0.494 e. The first-order valence-electron chi connectivity index (χ1n) is 9.67. The van der Waals surface area contributed by atoms with Crippen LogP contribution in [0.15, 0.2) is 52.3 Å². The van der Waals surface area contributed by atoms with E-state index in [1.807, 2.05) is 0 Å². The van der Waals surface area contributed by atoms with Crippen LogP contribution in [0.1, 0.15) is 43.7 Å². The zero-order valence-electron chi connectivity index (χ0n) is 17.3. The molecule has 162 valence electrons. The van der Waals surface area contributed by atoms with Gasteiger partial charge in [-0.05, 0) is 56.2 Å². The predicted octanol–water partition coefficient (Wildman–Crippen LogP) is 4.10. The quantitative estimate of drug-likeness (QED) is 0.197. The number of sulfone groups is 2. The van der Waals surface area contributed by atoms with E-state index in [0.717, 1.165) is 31.2 Å². The highest BCUT2D eigenvalue weighted by molar-refractivity contribution is 8.31. The molecule has 30 heavy (non-hydrogen) atoms. The Morgan fingerprint density at radius 1 is 0.933 bits per heavy atom. The summed E-state index contributed by atoms with van der Waals surface area (Å²) in [6.45, 7) is 5.96. The van der Waals surface area contributed by atoms with Gasteiger partial charge in [0.1, 0.15) is 5.75 Å². The van der Waals surface area contributed by atoms with Gasteiger partial charge in [0.05, 0.1) is 16.4 Å². The lowest BCUT2D eigenvalue weighted by atomic mass is 10.2. The number of benzene rings is 2. The summed E-state index contributed by atoms with van der Waals surface area (Å²) in [5.74, 6) is 0.477. The van der Waals surface area contributed by atoms with E-state index in [4.69, 9.17) is 4.74 Å². The van der Waals surface area contributed by atoms with Crippen molar-refractivity contribution in [2.24, 2.45) is 0 Å². The Kier molecular flexibility index (Phi) is 7.95. The van der Waals surface area contributed by atoms with Gasteiger partial charge in [-0.15, -0.1) is 4.79 Å². The molecule has 0 N–H and O–H groups in total. The van der Waals surface area contributed by atoms with Crippen LogP contribution in [0.25, 0.3) is 5.53 Å². The lowest BCUT2D eigenvalue weighted by molar-refractivity contribution is 0.00380. The summed E-state index contributed by atoms with van der Waals surface area (Å²) in [5, 5.41) is 0. The summed E-state index contributed by atoms with van der Waals surface area (Å²) in [7, 11) is -9.13. The van der Waals surface area contributed by atoms with Gasteiger partial charge in [-0.1, -0.05) is 43.9 Å². The summed E-state index contributed by atoms with van der Waals surface area (Å²) in [6, 6.07) is 9.83. The van der Waals surface area contributed by atoms with Crippen molar-refractivity contribution in [3.8, 4) is 5.75 Å². The SMILES string of the molecule is CCCCCCOc1ccc(S(=O)(=O)C(=[N+]=[N-])S(=O)(=O)c2ccc(C)cc2C)cc1. The summed E-state index contributed by atoms with van der Waals surface area (Å²) >= 11 is 0. The zero-order valence-corrected chi connectivity index (χ0v) is 19.0. The molecule has 0 heterocycles. The van der Waals surface area contributed by atoms with Gasteiger partial charge >= 0.3 is 4.38 Å². The molecule has 0 aliphatic carbocycles. The summed E-state index contributed by atoms with van der Waals surface area (Å²) in [6.07, 6.45) is 4.18. The fourth-order valence-corrected chi connectivity index (χ4v) is 6.52.